The predicted molar refractivity (Wildman–Crippen MR) is 76.7 cm³/mol. The zero-order valence-electron chi connectivity index (χ0n) is 11.9. The van der Waals surface area contributed by atoms with E-state index in [1.807, 2.05) is 31.2 Å². The van der Waals surface area contributed by atoms with Crippen molar-refractivity contribution in [2.45, 2.75) is 39.9 Å². The molecule has 0 spiro atoms. The Kier molecular flexibility index (Phi) is 4.54. The molecule has 1 aromatic rings. The summed E-state index contributed by atoms with van der Waals surface area (Å²) in [6.07, 6.45) is 2.73. The molecule has 1 aliphatic carbocycles. The highest BCUT2D eigenvalue weighted by Gasteiger charge is 2.34. The Hall–Kier alpha value is -1.41. The maximum atomic E-state index is 12.0. The summed E-state index contributed by atoms with van der Waals surface area (Å²) >= 11 is 0. The minimum Gasteiger partial charge on any atom is -0.372 e. The molecule has 0 aromatic heterocycles. The summed E-state index contributed by atoms with van der Waals surface area (Å²) in [5.41, 5.74) is 2.36. The lowest BCUT2D eigenvalue weighted by Crippen LogP contribution is -2.38. The number of allylic oxidation sites excluding steroid dienone is 1. The van der Waals surface area contributed by atoms with Crippen molar-refractivity contribution in [3.63, 3.8) is 0 Å². The molecule has 3 atom stereocenters. The van der Waals surface area contributed by atoms with Crippen molar-refractivity contribution in [3.05, 3.63) is 47.5 Å². The first-order valence-corrected chi connectivity index (χ1v) is 7.03. The monoisotopic (exact) mass is 258 g/mol. The molecule has 1 aromatic carbocycles. The van der Waals surface area contributed by atoms with E-state index >= 15 is 0 Å². The quantitative estimate of drug-likeness (QED) is 0.822. The Morgan fingerprint density at radius 3 is 2.42 bits per heavy atom. The molecule has 0 N–H and O–H groups in total. The van der Waals surface area contributed by atoms with E-state index in [0.717, 1.165) is 12.0 Å². The van der Waals surface area contributed by atoms with Gasteiger partial charge in [0.2, 0.25) is 0 Å². The fourth-order valence-electron chi connectivity index (χ4n) is 2.73. The number of ether oxygens (including phenoxy) is 1. The van der Waals surface area contributed by atoms with Gasteiger partial charge in [0.1, 0.15) is 0 Å². The van der Waals surface area contributed by atoms with Gasteiger partial charge in [-0.1, -0.05) is 56.7 Å². The van der Waals surface area contributed by atoms with Gasteiger partial charge in [-0.15, -0.1) is 0 Å². The number of carbonyl (C=O) groups is 1. The molecule has 0 saturated heterocycles. The van der Waals surface area contributed by atoms with Crippen LogP contribution in [-0.4, -0.2) is 11.9 Å². The van der Waals surface area contributed by atoms with E-state index in [0.29, 0.717) is 12.5 Å². The molecule has 2 heteroatoms. The van der Waals surface area contributed by atoms with Gasteiger partial charge >= 0.3 is 0 Å². The van der Waals surface area contributed by atoms with Gasteiger partial charge in [0.15, 0.2) is 5.78 Å². The predicted octanol–water partition coefficient (Wildman–Crippen LogP) is 3.76. The summed E-state index contributed by atoms with van der Waals surface area (Å²) in [6.45, 7) is 6.80. The molecule has 19 heavy (non-hydrogen) atoms. The smallest absolute Gasteiger partial charge is 0.161 e. The number of carbonyl (C=O) groups excluding carboxylic acids is 1. The van der Waals surface area contributed by atoms with E-state index in [-0.39, 0.29) is 17.8 Å². The molecular weight excluding hydrogens is 236 g/mol. The van der Waals surface area contributed by atoms with Gasteiger partial charge in [-0.05, 0) is 18.1 Å². The zero-order chi connectivity index (χ0) is 13.8. The number of benzene rings is 1. The summed E-state index contributed by atoms with van der Waals surface area (Å²) in [6, 6.07) is 10.1. The average Bonchev–Trinajstić information content (AvgIpc) is 2.44. The van der Waals surface area contributed by atoms with Crippen molar-refractivity contribution in [2.24, 2.45) is 11.8 Å². The summed E-state index contributed by atoms with van der Waals surface area (Å²) in [5, 5.41) is 0. The van der Waals surface area contributed by atoms with Crippen LogP contribution in [0.25, 0.3) is 0 Å². The van der Waals surface area contributed by atoms with E-state index < -0.39 is 0 Å². The summed E-state index contributed by atoms with van der Waals surface area (Å²) in [4.78, 5) is 12.0. The highest BCUT2D eigenvalue weighted by atomic mass is 16.5. The van der Waals surface area contributed by atoms with Gasteiger partial charge in [0.25, 0.3) is 0 Å². The lowest BCUT2D eigenvalue weighted by Gasteiger charge is -2.33. The molecule has 2 rings (SSSR count). The maximum Gasteiger partial charge on any atom is 0.161 e. The number of rotatable bonds is 4. The fraction of sp³-hybridized carbons (Fsp3) is 0.471. The van der Waals surface area contributed by atoms with Gasteiger partial charge in [-0.25, -0.2) is 0 Å². The average molecular weight is 258 g/mol. The summed E-state index contributed by atoms with van der Waals surface area (Å²) in [5.74, 6) is 0.475. The van der Waals surface area contributed by atoms with Crippen LogP contribution in [0, 0.1) is 11.8 Å². The maximum absolute atomic E-state index is 12.0. The Balaban J connectivity index is 2.06. The first-order chi connectivity index (χ1) is 9.13. The molecule has 0 bridgehead atoms. The van der Waals surface area contributed by atoms with Crippen molar-refractivity contribution in [1.82, 2.24) is 0 Å². The van der Waals surface area contributed by atoms with Crippen LogP contribution in [0.4, 0.5) is 0 Å². The van der Waals surface area contributed by atoms with Gasteiger partial charge in [0.05, 0.1) is 12.7 Å². The Bertz CT molecular complexity index is 461. The molecule has 0 unspecified atom stereocenters. The highest BCUT2D eigenvalue weighted by Crippen LogP contribution is 2.31. The van der Waals surface area contributed by atoms with Crippen molar-refractivity contribution in [2.75, 3.05) is 0 Å². The first kappa shape index (κ1) is 14.0. The zero-order valence-corrected chi connectivity index (χ0v) is 11.9. The van der Waals surface area contributed by atoms with Crippen molar-refractivity contribution in [3.8, 4) is 0 Å². The second-order valence-corrected chi connectivity index (χ2v) is 5.31. The summed E-state index contributed by atoms with van der Waals surface area (Å²) < 4.78 is 6.03. The van der Waals surface area contributed by atoms with Crippen LogP contribution in [0.2, 0.25) is 0 Å². The van der Waals surface area contributed by atoms with E-state index in [9.17, 15) is 4.79 Å². The van der Waals surface area contributed by atoms with Crippen LogP contribution in [0.15, 0.2) is 42.0 Å². The molecule has 102 valence electrons. The minimum absolute atomic E-state index is 0.00680. The molecule has 0 heterocycles. The third kappa shape index (κ3) is 3.13. The molecule has 0 fully saturated rings. The van der Waals surface area contributed by atoms with E-state index in [1.165, 1.54) is 5.57 Å². The molecule has 0 radical (unpaired) electrons. The summed E-state index contributed by atoms with van der Waals surface area (Å²) in [7, 11) is 0. The van der Waals surface area contributed by atoms with Crippen LogP contribution < -0.4 is 0 Å². The van der Waals surface area contributed by atoms with Gasteiger partial charge in [-0.2, -0.15) is 0 Å². The Morgan fingerprint density at radius 1 is 1.11 bits per heavy atom. The Labute approximate surface area is 115 Å². The van der Waals surface area contributed by atoms with Crippen molar-refractivity contribution in [1.29, 1.82) is 0 Å². The van der Waals surface area contributed by atoms with E-state index in [2.05, 4.69) is 26.0 Å². The first-order valence-electron chi connectivity index (χ1n) is 7.03. The highest BCUT2D eigenvalue weighted by molar-refractivity contribution is 5.93. The van der Waals surface area contributed by atoms with Gasteiger partial charge < -0.3 is 4.74 Å². The molecule has 1 aliphatic rings. The third-order valence-corrected chi connectivity index (χ3v) is 4.04. The van der Waals surface area contributed by atoms with Gasteiger partial charge in [-0.3, -0.25) is 4.79 Å². The normalized spacial score (nSPS) is 27.2. The van der Waals surface area contributed by atoms with Gasteiger partial charge in [0, 0.05) is 11.8 Å². The number of hydrogen-bond donors (Lipinski definition) is 0. The fourth-order valence-corrected chi connectivity index (χ4v) is 2.73. The van der Waals surface area contributed by atoms with Crippen LogP contribution in [0.1, 0.15) is 32.8 Å². The van der Waals surface area contributed by atoms with Crippen molar-refractivity contribution < 1.29 is 9.53 Å². The third-order valence-electron chi connectivity index (χ3n) is 4.04. The number of hydrogen-bond acceptors (Lipinski definition) is 2. The lowest BCUT2D eigenvalue weighted by molar-refractivity contribution is -0.126. The van der Waals surface area contributed by atoms with Crippen LogP contribution in [0.3, 0.4) is 0 Å². The van der Waals surface area contributed by atoms with Crippen LogP contribution in [0.5, 0.6) is 0 Å². The van der Waals surface area contributed by atoms with E-state index in [1.54, 1.807) is 0 Å². The standard InChI is InChI=1S/C17H22O2/c1-4-15-10-16(18)13(3)17(12(15)2)19-11-14-8-6-5-7-9-14/h5-10,12-13,17H,4,11H2,1-3H3/t12-,13+,17+/m1/s1. The van der Waals surface area contributed by atoms with E-state index in [4.69, 9.17) is 4.74 Å². The molecular formula is C17H22O2. The second-order valence-electron chi connectivity index (χ2n) is 5.31. The SMILES string of the molecule is CCC1=CC(=O)[C@H](C)[C@@H](OCc2ccccc2)[C@@H]1C. The van der Waals surface area contributed by atoms with Crippen LogP contribution >= 0.6 is 0 Å². The topological polar surface area (TPSA) is 26.3 Å². The van der Waals surface area contributed by atoms with Crippen molar-refractivity contribution >= 4 is 5.78 Å². The minimum atomic E-state index is -0.0472. The molecule has 0 amide bonds. The molecule has 0 aliphatic heterocycles. The molecule has 2 nitrogen and oxygen atoms in total. The second kappa shape index (κ2) is 6.16. The largest absolute Gasteiger partial charge is 0.372 e. The molecule has 0 saturated carbocycles. The number of ketones is 1. The lowest BCUT2D eigenvalue weighted by atomic mass is 9.78. The Morgan fingerprint density at radius 2 is 1.79 bits per heavy atom. The van der Waals surface area contributed by atoms with Crippen LogP contribution in [-0.2, 0) is 16.1 Å².